The first-order valence-corrected chi connectivity index (χ1v) is 7.56. The summed E-state index contributed by atoms with van der Waals surface area (Å²) in [6.07, 6.45) is 5.01. The highest BCUT2D eigenvalue weighted by molar-refractivity contribution is 5.72. The molecular formula is C19H14N4O. The van der Waals surface area contributed by atoms with Crippen molar-refractivity contribution in [2.75, 3.05) is 0 Å². The van der Waals surface area contributed by atoms with Crippen LogP contribution in [-0.4, -0.2) is 19.7 Å². The van der Waals surface area contributed by atoms with E-state index >= 15 is 0 Å². The summed E-state index contributed by atoms with van der Waals surface area (Å²) in [7, 11) is 0. The van der Waals surface area contributed by atoms with Crippen molar-refractivity contribution in [1.29, 1.82) is 0 Å². The van der Waals surface area contributed by atoms with Crippen molar-refractivity contribution >= 4 is 0 Å². The van der Waals surface area contributed by atoms with Crippen molar-refractivity contribution in [3.63, 3.8) is 0 Å². The monoisotopic (exact) mass is 314 g/mol. The number of aromatic amines is 1. The van der Waals surface area contributed by atoms with Gasteiger partial charge < -0.3 is 0 Å². The highest BCUT2D eigenvalue weighted by atomic mass is 16.1. The lowest BCUT2D eigenvalue weighted by atomic mass is 10.0. The molecule has 4 aromatic rings. The van der Waals surface area contributed by atoms with Gasteiger partial charge in [0.1, 0.15) is 6.33 Å². The largest absolute Gasteiger partial charge is 0.292 e. The lowest BCUT2D eigenvalue weighted by Gasteiger charge is -2.10. The Labute approximate surface area is 138 Å². The van der Waals surface area contributed by atoms with Gasteiger partial charge in [-0.25, -0.2) is 5.10 Å². The first kappa shape index (κ1) is 14.1. The van der Waals surface area contributed by atoms with Crippen LogP contribution in [0.15, 0.2) is 84.2 Å². The Hall–Kier alpha value is -3.47. The standard InChI is InChI=1S/C19H14N4O/c24-18-16(14-7-3-1-4-8-14)11-23(19-20-13-21-22-19)12-17(18)15-9-5-2-6-10-15/h1-13H,(H,20,21,22). The van der Waals surface area contributed by atoms with Crippen LogP contribution >= 0.6 is 0 Å². The first-order valence-electron chi connectivity index (χ1n) is 7.56. The van der Waals surface area contributed by atoms with Crippen molar-refractivity contribution in [2.24, 2.45) is 0 Å². The molecule has 0 spiro atoms. The molecule has 116 valence electrons. The Morgan fingerprint density at radius 3 is 1.79 bits per heavy atom. The quantitative estimate of drug-likeness (QED) is 0.631. The van der Waals surface area contributed by atoms with Crippen LogP contribution in [0, 0.1) is 0 Å². The van der Waals surface area contributed by atoms with Crippen LogP contribution in [0.1, 0.15) is 0 Å². The number of hydrogen-bond donors (Lipinski definition) is 1. The number of pyridine rings is 1. The van der Waals surface area contributed by atoms with Gasteiger partial charge in [0.2, 0.25) is 5.95 Å². The molecule has 0 unspecified atom stereocenters. The van der Waals surface area contributed by atoms with Crippen LogP contribution in [0.25, 0.3) is 28.2 Å². The molecule has 1 N–H and O–H groups in total. The van der Waals surface area contributed by atoms with Gasteiger partial charge in [0.25, 0.3) is 0 Å². The summed E-state index contributed by atoms with van der Waals surface area (Å²) < 4.78 is 1.79. The van der Waals surface area contributed by atoms with Crippen LogP contribution < -0.4 is 5.43 Å². The van der Waals surface area contributed by atoms with Gasteiger partial charge in [-0.05, 0) is 11.1 Å². The van der Waals surface area contributed by atoms with E-state index in [0.29, 0.717) is 17.1 Å². The predicted molar refractivity (Wildman–Crippen MR) is 92.9 cm³/mol. The molecule has 2 aromatic carbocycles. The van der Waals surface area contributed by atoms with E-state index in [1.165, 1.54) is 6.33 Å². The molecule has 24 heavy (non-hydrogen) atoms. The number of aromatic nitrogens is 4. The van der Waals surface area contributed by atoms with Crippen molar-refractivity contribution < 1.29 is 0 Å². The van der Waals surface area contributed by atoms with Crippen molar-refractivity contribution in [3.05, 3.63) is 89.6 Å². The summed E-state index contributed by atoms with van der Waals surface area (Å²) in [5, 5.41) is 6.72. The molecule has 4 rings (SSSR count). The molecule has 0 atom stereocenters. The summed E-state index contributed by atoms with van der Waals surface area (Å²) in [6, 6.07) is 19.2. The molecule has 0 amide bonds. The van der Waals surface area contributed by atoms with E-state index in [1.807, 2.05) is 60.7 Å². The summed E-state index contributed by atoms with van der Waals surface area (Å²) in [6.45, 7) is 0. The molecular weight excluding hydrogens is 300 g/mol. The molecule has 2 heterocycles. The molecule has 0 saturated carbocycles. The van der Waals surface area contributed by atoms with Crippen LogP contribution in [0.2, 0.25) is 0 Å². The maximum atomic E-state index is 13.0. The van der Waals surface area contributed by atoms with Crippen LogP contribution in [0.3, 0.4) is 0 Å². The Bertz CT molecular complexity index is 943. The molecule has 0 aliphatic heterocycles. The third-order valence-electron chi connectivity index (χ3n) is 3.84. The van der Waals surface area contributed by atoms with Gasteiger partial charge in [-0.3, -0.25) is 9.36 Å². The van der Waals surface area contributed by atoms with E-state index in [4.69, 9.17) is 0 Å². The second-order valence-corrected chi connectivity index (χ2v) is 5.36. The Kier molecular flexibility index (Phi) is 3.51. The number of hydrogen-bond acceptors (Lipinski definition) is 3. The van der Waals surface area contributed by atoms with E-state index < -0.39 is 0 Å². The molecule has 0 aliphatic rings. The van der Waals surface area contributed by atoms with Crippen LogP contribution in [0.5, 0.6) is 0 Å². The van der Waals surface area contributed by atoms with E-state index in [1.54, 1.807) is 17.0 Å². The minimum atomic E-state index is -0.0110. The molecule has 0 aliphatic carbocycles. The summed E-state index contributed by atoms with van der Waals surface area (Å²) in [4.78, 5) is 17.2. The van der Waals surface area contributed by atoms with Crippen molar-refractivity contribution in [3.8, 4) is 28.2 Å². The van der Waals surface area contributed by atoms with E-state index in [0.717, 1.165) is 11.1 Å². The number of nitrogens with one attached hydrogen (secondary N) is 1. The van der Waals surface area contributed by atoms with Gasteiger partial charge in [0, 0.05) is 23.5 Å². The zero-order valence-corrected chi connectivity index (χ0v) is 12.8. The second-order valence-electron chi connectivity index (χ2n) is 5.36. The SMILES string of the molecule is O=c1c(-c2ccccc2)cn(-c2ncn[nH]2)cc1-c1ccccc1. The minimum absolute atomic E-state index is 0.0110. The molecule has 0 bridgehead atoms. The maximum Gasteiger partial charge on any atom is 0.229 e. The highest BCUT2D eigenvalue weighted by Crippen LogP contribution is 2.22. The van der Waals surface area contributed by atoms with Crippen molar-refractivity contribution in [2.45, 2.75) is 0 Å². The second kappa shape index (κ2) is 5.96. The Balaban J connectivity index is 2.00. The molecule has 0 radical (unpaired) electrons. The fourth-order valence-electron chi connectivity index (χ4n) is 2.67. The van der Waals surface area contributed by atoms with Gasteiger partial charge in [-0.15, -0.1) is 0 Å². The van der Waals surface area contributed by atoms with E-state index in [2.05, 4.69) is 15.2 Å². The fourth-order valence-corrected chi connectivity index (χ4v) is 2.67. The van der Waals surface area contributed by atoms with Gasteiger partial charge >= 0.3 is 0 Å². The highest BCUT2D eigenvalue weighted by Gasteiger charge is 2.13. The van der Waals surface area contributed by atoms with Crippen molar-refractivity contribution in [1.82, 2.24) is 19.7 Å². The predicted octanol–water partition coefficient (Wildman–Crippen LogP) is 3.29. The molecule has 2 aromatic heterocycles. The van der Waals surface area contributed by atoms with Gasteiger partial charge in [0.05, 0.1) is 0 Å². The van der Waals surface area contributed by atoms with Crippen LogP contribution in [-0.2, 0) is 0 Å². The lowest BCUT2D eigenvalue weighted by molar-refractivity contribution is 0.925. The lowest BCUT2D eigenvalue weighted by Crippen LogP contribution is -2.13. The third-order valence-corrected chi connectivity index (χ3v) is 3.84. The van der Waals surface area contributed by atoms with Gasteiger partial charge in [0.15, 0.2) is 5.43 Å². The molecule has 0 fully saturated rings. The van der Waals surface area contributed by atoms with Gasteiger partial charge in [-0.2, -0.15) is 10.1 Å². The zero-order chi connectivity index (χ0) is 16.4. The average Bonchev–Trinajstić information content (AvgIpc) is 3.18. The van der Waals surface area contributed by atoms with E-state index in [-0.39, 0.29) is 5.43 Å². The number of nitrogens with zero attached hydrogens (tertiary/aromatic N) is 3. The minimum Gasteiger partial charge on any atom is -0.292 e. The molecule has 0 saturated heterocycles. The Morgan fingerprint density at radius 2 is 1.33 bits per heavy atom. The topological polar surface area (TPSA) is 63.6 Å². The first-order chi connectivity index (χ1) is 11.8. The molecule has 5 nitrogen and oxygen atoms in total. The van der Waals surface area contributed by atoms with Gasteiger partial charge in [-0.1, -0.05) is 60.7 Å². The van der Waals surface area contributed by atoms with Crippen LogP contribution in [0.4, 0.5) is 0 Å². The smallest absolute Gasteiger partial charge is 0.229 e. The summed E-state index contributed by atoms with van der Waals surface area (Å²) in [5.74, 6) is 0.560. The Morgan fingerprint density at radius 1 is 0.792 bits per heavy atom. The normalized spacial score (nSPS) is 10.7. The average molecular weight is 314 g/mol. The maximum absolute atomic E-state index is 13.0. The summed E-state index contributed by atoms with van der Waals surface area (Å²) in [5.41, 5.74) is 2.96. The summed E-state index contributed by atoms with van der Waals surface area (Å²) >= 11 is 0. The zero-order valence-electron chi connectivity index (χ0n) is 12.8. The number of H-pyrrole nitrogens is 1. The number of benzene rings is 2. The number of rotatable bonds is 3. The fraction of sp³-hybridized carbons (Fsp3) is 0. The van der Waals surface area contributed by atoms with E-state index in [9.17, 15) is 4.79 Å². The third kappa shape index (κ3) is 2.52. The molecule has 5 heteroatoms.